The molecule has 0 bridgehead atoms. The largest absolute Gasteiger partial charge is 0.307 e. The predicted octanol–water partition coefficient (Wildman–Crippen LogP) is 0.917. The van der Waals surface area contributed by atoms with Gasteiger partial charge in [-0.2, -0.15) is 0 Å². The second kappa shape index (κ2) is 3.27. The molecule has 0 aliphatic carbocycles. The summed E-state index contributed by atoms with van der Waals surface area (Å²) in [5.41, 5.74) is -0.627. The fourth-order valence-electron chi connectivity index (χ4n) is 0.717. The van der Waals surface area contributed by atoms with E-state index in [4.69, 9.17) is 10.7 Å². The fourth-order valence-corrected chi connectivity index (χ4v) is 1.71. The number of hydrogen-bond donors (Lipinski definition) is 0. The molecule has 0 saturated heterocycles. The summed E-state index contributed by atoms with van der Waals surface area (Å²) in [5.74, 6) is 0. The summed E-state index contributed by atoms with van der Waals surface area (Å²) in [5, 5.41) is 10.3. The van der Waals surface area contributed by atoms with E-state index < -0.39 is 24.6 Å². The van der Waals surface area contributed by atoms with Crippen molar-refractivity contribution in [3.63, 3.8) is 0 Å². The number of pyridine rings is 1. The van der Waals surface area contributed by atoms with Gasteiger partial charge in [0.05, 0.1) is 4.92 Å². The summed E-state index contributed by atoms with van der Waals surface area (Å²) in [6, 6.07) is 0.973. The zero-order chi connectivity index (χ0) is 10.1. The topological polar surface area (TPSA) is 90.2 Å². The van der Waals surface area contributed by atoms with Gasteiger partial charge in [-0.3, -0.25) is 15.1 Å². The third-order valence-corrected chi connectivity index (χ3v) is 2.59. The molecule has 0 fully saturated rings. The van der Waals surface area contributed by atoms with Crippen molar-refractivity contribution in [2.24, 2.45) is 0 Å². The van der Waals surface area contributed by atoms with Crippen LogP contribution in [0.1, 0.15) is 0 Å². The van der Waals surface area contributed by atoms with Gasteiger partial charge in [0, 0.05) is 16.9 Å². The van der Waals surface area contributed by atoms with Crippen molar-refractivity contribution in [1.82, 2.24) is 4.98 Å². The van der Waals surface area contributed by atoms with Crippen molar-refractivity contribution >= 4 is 25.4 Å². The molecule has 70 valence electrons. The summed E-state index contributed by atoms with van der Waals surface area (Å²) in [6.45, 7) is 0. The average molecular weight is 223 g/mol. The van der Waals surface area contributed by atoms with Gasteiger partial charge in [-0.15, -0.1) is 0 Å². The first-order chi connectivity index (χ1) is 5.93. The van der Waals surface area contributed by atoms with Crippen LogP contribution >= 0.6 is 10.7 Å². The molecule has 0 aromatic carbocycles. The molecule has 0 spiro atoms. The van der Waals surface area contributed by atoms with Gasteiger partial charge < -0.3 is 0 Å². The highest BCUT2D eigenvalue weighted by Gasteiger charge is 2.23. The molecule has 0 aliphatic heterocycles. The van der Waals surface area contributed by atoms with E-state index in [9.17, 15) is 18.5 Å². The minimum atomic E-state index is -4.09. The van der Waals surface area contributed by atoms with E-state index >= 15 is 0 Å². The number of nitro groups is 1. The molecule has 0 saturated carbocycles. The summed E-state index contributed by atoms with van der Waals surface area (Å²) < 4.78 is 21.6. The van der Waals surface area contributed by atoms with E-state index in [1.165, 1.54) is 0 Å². The monoisotopic (exact) mass is 222 g/mol. The van der Waals surface area contributed by atoms with E-state index in [2.05, 4.69) is 4.98 Å². The van der Waals surface area contributed by atoms with Crippen LogP contribution in [0.5, 0.6) is 0 Å². The van der Waals surface area contributed by atoms with E-state index in [0.29, 0.717) is 0 Å². The van der Waals surface area contributed by atoms with E-state index in [0.717, 1.165) is 18.5 Å². The number of halogens is 1. The molecule has 0 radical (unpaired) electrons. The lowest BCUT2D eigenvalue weighted by molar-refractivity contribution is -0.388. The van der Waals surface area contributed by atoms with E-state index in [1.807, 2.05) is 0 Å². The SMILES string of the molecule is O=[N+]([O-])c1cnccc1S(=O)(=O)Cl. The van der Waals surface area contributed by atoms with Crippen LogP contribution in [0.15, 0.2) is 23.4 Å². The molecule has 8 heteroatoms. The number of rotatable bonds is 2. The Kier molecular flexibility index (Phi) is 2.48. The van der Waals surface area contributed by atoms with Gasteiger partial charge in [0.15, 0.2) is 4.90 Å². The summed E-state index contributed by atoms with van der Waals surface area (Å²) in [7, 11) is 0.860. The molecule has 0 atom stereocenters. The molecule has 1 aromatic heterocycles. The minimum absolute atomic E-state index is 0.547. The second-order valence-electron chi connectivity index (χ2n) is 2.04. The number of hydrogen-bond acceptors (Lipinski definition) is 5. The maximum Gasteiger partial charge on any atom is 0.307 e. The zero-order valence-corrected chi connectivity index (χ0v) is 7.62. The number of nitrogens with zero attached hydrogens (tertiary/aromatic N) is 2. The lowest BCUT2D eigenvalue weighted by Crippen LogP contribution is -1.98. The molecule has 0 unspecified atom stereocenters. The molecular weight excluding hydrogens is 220 g/mol. The van der Waals surface area contributed by atoms with Crippen molar-refractivity contribution in [2.75, 3.05) is 0 Å². The van der Waals surface area contributed by atoms with Crippen LogP contribution in [0.4, 0.5) is 5.69 Å². The van der Waals surface area contributed by atoms with Crippen LogP contribution in [0.3, 0.4) is 0 Å². The Morgan fingerprint density at radius 1 is 1.54 bits per heavy atom. The average Bonchev–Trinajstić information content (AvgIpc) is 2.03. The predicted molar refractivity (Wildman–Crippen MR) is 43.9 cm³/mol. The highest BCUT2D eigenvalue weighted by atomic mass is 35.7. The Hall–Kier alpha value is -1.21. The number of aromatic nitrogens is 1. The van der Waals surface area contributed by atoms with Crippen LogP contribution in [0.25, 0.3) is 0 Å². The first-order valence-electron chi connectivity index (χ1n) is 2.96. The fraction of sp³-hybridized carbons (Fsp3) is 0. The quantitative estimate of drug-likeness (QED) is 0.422. The van der Waals surface area contributed by atoms with Crippen molar-refractivity contribution in [3.05, 3.63) is 28.6 Å². The zero-order valence-electron chi connectivity index (χ0n) is 6.05. The van der Waals surface area contributed by atoms with Crippen LogP contribution in [-0.4, -0.2) is 18.3 Å². The molecule has 1 aromatic rings. The highest BCUT2D eigenvalue weighted by molar-refractivity contribution is 8.13. The van der Waals surface area contributed by atoms with Gasteiger partial charge in [0.2, 0.25) is 0 Å². The molecule has 13 heavy (non-hydrogen) atoms. The van der Waals surface area contributed by atoms with Gasteiger partial charge in [-0.1, -0.05) is 0 Å². The van der Waals surface area contributed by atoms with Crippen molar-refractivity contribution in [3.8, 4) is 0 Å². The molecule has 1 heterocycles. The van der Waals surface area contributed by atoms with Gasteiger partial charge in [-0.05, 0) is 6.07 Å². The first kappa shape index (κ1) is 9.87. The Labute approximate surface area is 77.7 Å². The van der Waals surface area contributed by atoms with Crippen molar-refractivity contribution in [1.29, 1.82) is 0 Å². The molecule has 0 aliphatic rings. The normalized spacial score (nSPS) is 11.2. The summed E-state index contributed by atoms with van der Waals surface area (Å²) in [6.07, 6.45) is 1.94. The van der Waals surface area contributed by atoms with E-state index in [-0.39, 0.29) is 0 Å². The van der Waals surface area contributed by atoms with Gasteiger partial charge >= 0.3 is 5.69 Å². The summed E-state index contributed by atoms with van der Waals surface area (Å²) >= 11 is 0. The standard InChI is InChI=1S/C5H3ClN2O4S/c6-13(11,12)5-1-2-7-3-4(5)8(9)10/h1-3H. The minimum Gasteiger partial charge on any atom is -0.258 e. The van der Waals surface area contributed by atoms with Crippen LogP contribution in [0, 0.1) is 10.1 Å². The highest BCUT2D eigenvalue weighted by Crippen LogP contribution is 2.24. The molecule has 0 N–H and O–H groups in total. The first-order valence-corrected chi connectivity index (χ1v) is 5.27. The summed E-state index contributed by atoms with van der Waals surface area (Å²) in [4.78, 5) is 12.3. The van der Waals surface area contributed by atoms with Crippen LogP contribution in [-0.2, 0) is 9.05 Å². The Morgan fingerprint density at radius 3 is 2.54 bits per heavy atom. The van der Waals surface area contributed by atoms with E-state index in [1.54, 1.807) is 0 Å². The third kappa shape index (κ3) is 2.13. The smallest absolute Gasteiger partial charge is 0.258 e. The molecule has 6 nitrogen and oxygen atoms in total. The van der Waals surface area contributed by atoms with Crippen LogP contribution < -0.4 is 0 Å². The van der Waals surface area contributed by atoms with Gasteiger partial charge in [0.25, 0.3) is 9.05 Å². The van der Waals surface area contributed by atoms with Crippen LogP contribution in [0.2, 0.25) is 0 Å². The second-order valence-corrected chi connectivity index (χ2v) is 4.57. The maximum atomic E-state index is 10.8. The molecule has 0 amide bonds. The Bertz CT molecular complexity index is 444. The van der Waals surface area contributed by atoms with Crippen molar-refractivity contribution < 1.29 is 13.3 Å². The van der Waals surface area contributed by atoms with Gasteiger partial charge in [-0.25, -0.2) is 8.42 Å². The lowest BCUT2D eigenvalue weighted by atomic mass is 10.4. The van der Waals surface area contributed by atoms with Gasteiger partial charge in [0.1, 0.15) is 6.20 Å². The van der Waals surface area contributed by atoms with Crippen molar-refractivity contribution in [2.45, 2.75) is 4.90 Å². The third-order valence-electron chi connectivity index (χ3n) is 1.22. The Morgan fingerprint density at radius 2 is 2.15 bits per heavy atom. The lowest BCUT2D eigenvalue weighted by Gasteiger charge is -1.95. The maximum absolute atomic E-state index is 10.8. The molecule has 1 rings (SSSR count). The molecular formula is C5H3ClN2O4S. The Balaban J connectivity index is 3.46.